The summed E-state index contributed by atoms with van der Waals surface area (Å²) in [4.78, 5) is 0. The fraction of sp³-hybridized carbons (Fsp3) is 0.353. The van der Waals surface area contributed by atoms with Gasteiger partial charge in [-0.05, 0) is 0 Å². The summed E-state index contributed by atoms with van der Waals surface area (Å²) in [5.41, 5.74) is 1.16. The van der Waals surface area contributed by atoms with Crippen LogP contribution >= 0.6 is 0 Å². The molecule has 114 valence electrons. The van der Waals surface area contributed by atoms with E-state index < -0.39 is 0 Å². The number of rotatable bonds is 7. The van der Waals surface area contributed by atoms with Crippen molar-refractivity contribution < 1.29 is 49.8 Å². The van der Waals surface area contributed by atoms with Crippen LogP contribution in [0.2, 0.25) is 0 Å². The van der Waals surface area contributed by atoms with Crippen LogP contribution in [0.4, 0.5) is 0 Å². The third-order valence-corrected chi connectivity index (χ3v) is 2.35. The number of nitrogens with zero attached hydrogens (tertiary/aromatic N) is 1. The van der Waals surface area contributed by atoms with Gasteiger partial charge in [0.1, 0.15) is 0 Å². The Morgan fingerprint density at radius 1 is 1.30 bits per heavy atom. The van der Waals surface area contributed by atoms with Crippen LogP contribution in [0.25, 0.3) is 5.32 Å². The van der Waals surface area contributed by atoms with Crippen LogP contribution in [0.3, 0.4) is 0 Å². The first-order chi connectivity index (χ1) is 7.33. The van der Waals surface area contributed by atoms with Crippen molar-refractivity contribution in [3.63, 3.8) is 0 Å². The Morgan fingerprint density at radius 3 is 2.45 bits per heavy atom. The van der Waals surface area contributed by atoms with E-state index in [1.54, 1.807) is 0 Å². The van der Waals surface area contributed by atoms with E-state index in [-0.39, 0.29) is 72.1 Å². The average molecular weight is 391 g/mol. The normalized spacial score (nSPS) is 9.50. The molecule has 2 radical (unpaired) electrons. The molecular weight excluding hydrogens is 363 g/mol. The Balaban J connectivity index is -0.000000150. The molecule has 1 aromatic carbocycles. The molecule has 3 heteroatoms. The molecule has 0 amide bonds. The van der Waals surface area contributed by atoms with Crippen molar-refractivity contribution in [2.75, 3.05) is 6.54 Å². The molecule has 0 aromatic heterocycles. The van der Waals surface area contributed by atoms with Crippen LogP contribution in [0.5, 0.6) is 0 Å². The Labute approximate surface area is 164 Å². The molecule has 0 N–H and O–H groups in total. The molecule has 0 heterocycles. The zero-order chi connectivity index (χ0) is 10.9. The molecule has 0 aliphatic carbocycles. The molecule has 20 heavy (non-hydrogen) atoms. The van der Waals surface area contributed by atoms with Gasteiger partial charge in [0.15, 0.2) is 0 Å². The summed E-state index contributed by atoms with van der Waals surface area (Å²) in [6.45, 7) is 7.67. The molecule has 1 atom stereocenters. The maximum Gasteiger partial charge on any atom is 5.00 e. The second-order valence-corrected chi connectivity index (χ2v) is 3.81. The van der Waals surface area contributed by atoms with E-state index in [2.05, 4.69) is 37.7 Å². The average Bonchev–Trinajstić information content (AvgIpc) is 2.26. The van der Waals surface area contributed by atoms with E-state index in [0.29, 0.717) is 5.92 Å². The van der Waals surface area contributed by atoms with Gasteiger partial charge in [-0.1, -0.05) is 6.92 Å². The monoisotopic (exact) mass is 391 g/mol. The second-order valence-electron chi connectivity index (χ2n) is 3.81. The molecule has 1 unspecified atom stereocenters. The van der Waals surface area contributed by atoms with Gasteiger partial charge in [-0.15, -0.1) is 13.0 Å². The standard InChI is InChI=1S/C14H19N.3CH3.Fe.Y/c1-3-7-13(2)10-11-15-12-14-8-5-4-6-9-14;;;;;/h4-6,8,10,13H,1,3,7,11-12H2,2H3;3*1H3;;/q-4;3*-1;+5;. The maximum absolute atomic E-state index is 4.46. The van der Waals surface area contributed by atoms with Gasteiger partial charge in [0.05, 0.1) is 0 Å². The van der Waals surface area contributed by atoms with Crippen LogP contribution in [0.15, 0.2) is 24.3 Å². The molecule has 0 bridgehead atoms. The Kier molecular flexibility index (Phi) is 36.1. The summed E-state index contributed by atoms with van der Waals surface area (Å²) in [5, 5.41) is 4.46. The minimum Gasteiger partial charge on any atom is -0.686 e. The van der Waals surface area contributed by atoms with Gasteiger partial charge in [-0.25, -0.2) is 0 Å². The zero-order valence-corrected chi connectivity index (χ0v) is 17.3. The summed E-state index contributed by atoms with van der Waals surface area (Å²) in [5.74, 6) is 0.631. The Hall–Kier alpha value is 0.803. The first-order valence-electron chi connectivity index (χ1n) is 5.54. The largest absolute Gasteiger partial charge is 5.00 e. The van der Waals surface area contributed by atoms with Crippen molar-refractivity contribution in [1.82, 2.24) is 0 Å². The fourth-order valence-electron chi connectivity index (χ4n) is 1.41. The van der Waals surface area contributed by atoms with Crippen molar-refractivity contribution in [3.05, 3.63) is 76.8 Å². The van der Waals surface area contributed by atoms with Crippen LogP contribution < -0.4 is 0 Å². The Morgan fingerprint density at radius 2 is 1.95 bits per heavy atom. The fourth-order valence-corrected chi connectivity index (χ4v) is 1.41. The summed E-state index contributed by atoms with van der Waals surface area (Å²) in [6, 6.07) is 11.2. The first kappa shape index (κ1) is 32.7. The molecule has 1 aromatic rings. The van der Waals surface area contributed by atoms with Crippen molar-refractivity contribution in [1.29, 1.82) is 0 Å². The van der Waals surface area contributed by atoms with Crippen LogP contribution in [-0.4, -0.2) is 6.54 Å². The van der Waals surface area contributed by atoms with E-state index in [4.69, 9.17) is 0 Å². The summed E-state index contributed by atoms with van der Waals surface area (Å²) in [7, 11) is 0. The molecule has 0 spiro atoms. The van der Waals surface area contributed by atoms with E-state index >= 15 is 0 Å². The summed E-state index contributed by atoms with van der Waals surface area (Å²) in [6.07, 6.45) is 4.42. The zero-order valence-electron chi connectivity index (χ0n) is 13.4. The first-order valence-corrected chi connectivity index (χ1v) is 5.54. The minimum atomic E-state index is 0. The third-order valence-electron chi connectivity index (χ3n) is 2.35. The summed E-state index contributed by atoms with van der Waals surface area (Å²) < 4.78 is 0. The van der Waals surface area contributed by atoms with Crippen LogP contribution in [0.1, 0.15) is 25.3 Å². The van der Waals surface area contributed by atoms with Gasteiger partial charge < -0.3 is 40.9 Å². The molecule has 1 nitrogen and oxygen atoms in total. The van der Waals surface area contributed by atoms with Gasteiger partial charge in [0.2, 0.25) is 0 Å². The quantitative estimate of drug-likeness (QED) is 0.346. The predicted octanol–water partition coefficient (Wildman–Crippen LogP) is 5.16. The summed E-state index contributed by atoms with van der Waals surface area (Å²) >= 11 is 0. The van der Waals surface area contributed by atoms with Crippen LogP contribution in [-0.2, 0) is 56.3 Å². The minimum absolute atomic E-state index is 0. The van der Waals surface area contributed by atoms with Gasteiger partial charge in [-0.2, -0.15) is 48.2 Å². The van der Waals surface area contributed by atoms with Crippen LogP contribution in [0, 0.1) is 47.6 Å². The topological polar surface area (TPSA) is 14.1 Å². The van der Waals surface area contributed by atoms with E-state index in [0.717, 1.165) is 31.5 Å². The molecule has 0 saturated heterocycles. The van der Waals surface area contributed by atoms with E-state index in [9.17, 15) is 0 Å². The molecule has 0 saturated carbocycles. The number of benzene rings is 1. The number of hydrogen-bond donors (Lipinski definition) is 0. The second kappa shape index (κ2) is 22.1. The van der Waals surface area contributed by atoms with Gasteiger partial charge in [-0.3, -0.25) is 6.54 Å². The van der Waals surface area contributed by atoms with Crippen molar-refractivity contribution >= 4 is 0 Å². The molecule has 0 aliphatic heterocycles. The molecular formula is C17H28FeNY-2. The van der Waals surface area contributed by atoms with E-state index in [1.807, 2.05) is 18.2 Å². The Bertz CT molecular complexity index is 254. The SMILES string of the molecule is [CH2-]CCC(C)[CH-]C[N-]Cc1[c-]cccc1.[CH3-].[CH3-].[CH3-].[Fe+5].[Y]. The predicted molar refractivity (Wildman–Crippen MR) is 84.5 cm³/mol. The maximum atomic E-state index is 4.46. The smallest absolute Gasteiger partial charge is 0.686 e. The van der Waals surface area contributed by atoms with Crippen molar-refractivity contribution in [3.8, 4) is 0 Å². The number of hydrogen-bond acceptors (Lipinski definition) is 0. The van der Waals surface area contributed by atoms with Crippen molar-refractivity contribution in [2.45, 2.75) is 26.3 Å². The van der Waals surface area contributed by atoms with E-state index in [1.165, 1.54) is 0 Å². The molecule has 1 rings (SSSR count). The molecule has 0 fully saturated rings. The van der Waals surface area contributed by atoms with Gasteiger partial charge in [0, 0.05) is 32.7 Å². The van der Waals surface area contributed by atoms with Gasteiger partial charge >= 0.3 is 17.1 Å². The molecule has 0 aliphatic rings. The van der Waals surface area contributed by atoms with Gasteiger partial charge in [0.25, 0.3) is 0 Å². The third kappa shape index (κ3) is 16.9. The van der Waals surface area contributed by atoms with Crippen molar-refractivity contribution in [2.24, 2.45) is 5.92 Å².